The molecule has 0 saturated carbocycles. The van der Waals surface area contributed by atoms with E-state index in [-0.39, 0.29) is 4.47 Å². The van der Waals surface area contributed by atoms with Gasteiger partial charge in [-0.1, -0.05) is 0 Å². The van der Waals surface area contributed by atoms with E-state index in [0.29, 0.717) is 6.07 Å². The number of nitro groups is 1. The summed E-state index contributed by atoms with van der Waals surface area (Å²) in [5.74, 6) is 0. The number of alkyl halides is 3. The minimum Gasteiger partial charge on any atom is -0.397 e. The average molecular weight is 285 g/mol. The van der Waals surface area contributed by atoms with Crippen molar-refractivity contribution in [3.8, 4) is 0 Å². The van der Waals surface area contributed by atoms with Gasteiger partial charge in [0.15, 0.2) is 0 Å². The first kappa shape index (κ1) is 11.8. The van der Waals surface area contributed by atoms with E-state index in [1.807, 2.05) is 0 Å². The zero-order valence-electron chi connectivity index (χ0n) is 7.01. The molecule has 1 aromatic carbocycles. The minimum atomic E-state index is -4.62. The molecule has 0 heterocycles. The highest BCUT2D eigenvalue weighted by molar-refractivity contribution is 9.10. The molecule has 2 N–H and O–H groups in total. The van der Waals surface area contributed by atoms with Crippen molar-refractivity contribution in [2.75, 3.05) is 5.73 Å². The molecule has 0 spiro atoms. The van der Waals surface area contributed by atoms with E-state index in [1.165, 1.54) is 0 Å². The fraction of sp³-hybridized carbons (Fsp3) is 0.143. The lowest BCUT2D eigenvalue weighted by Crippen LogP contribution is -2.10. The maximum Gasteiger partial charge on any atom is 0.418 e. The summed E-state index contributed by atoms with van der Waals surface area (Å²) in [5, 5.41) is 10.4. The van der Waals surface area contributed by atoms with Crippen LogP contribution in [0.15, 0.2) is 16.6 Å². The first-order valence-corrected chi connectivity index (χ1v) is 4.34. The van der Waals surface area contributed by atoms with Gasteiger partial charge in [0.1, 0.15) is 4.47 Å². The van der Waals surface area contributed by atoms with Crippen molar-refractivity contribution in [1.29, 1.82) is 0 Å². The molecule has 0 radical (unpaired) electrons. The van der Waals surface area contributed by atoms with E-state index in [1.54, 1.807) is 0 Å². The molecular weight excluding hydrogens is 281 g/mol. The van der Waals surface area contributed by atoms with E-state index in [0.717, 1.165) is 6.07 Å². The van der Waals surface area contributed by atoms with Gasteiger partial charge >= 0.3 is 6.18 Å². The summed E-state index contributed by atoms with van der Waals surface area (Å²) in [7, 11) is 0. The van der Waals surface area contributed by atoms with Gasteiger partial charge in [0.05, 0.1) is 16.2 Å². The quantitative estimate of drug-likeness (QED) is 0.490. The van der Waals surface area contributed by atoms with Crippen molar-refractivity contribution in [2.24, 2.45) is 0 Å². The number of nitrogens with two attached hydrogens (primary N) is 1. The number of hydrogen-bond donors (Lipinski definition) is 1. The third kappa shape index (κ3) is 2.20. The molecule has 0 unspecified atom stereocenters. The van der Waals surface area contributed by atoms with Crippen molar-refractivity contribution in [2.45, 2.75) is 6.18 Å². The Bertz CT molecular complexity index is 419. The number of anilines is 1. The van der Waals surface area contributed by atoms with Crippen LogP contribution in [0.4, 0.5) is 24.5 Å². The van der Waals surface area contributed by atoms with Gasteiger partial charge in [0.2, 0.25) is 0 Å². The summed E-state index contributed by atoms with van der Waals surface area (Å²) in [4.78, 5) is 9.55. The van der Waals surface area contributed by atoms with Gasteiger partial charge < -0.3 is 5.73 Å². The Hall–Kier alpha value is -1.31. The minimum absolute atomic E-state index is 0.359. The third-order valence-electron chi connectivity index (χ3n) is 1.66. The maximum atomic E-state index is 12.3. The van der Waals surface area contributed by atoms with E-state index in [9.17, 15) is 23.3 Å². The molecule has 1 rings (SSSR count). The van der Waals surface area contributed by atoms with Crippen LogP contribution < -0.4 is 5.73 Å². The Kier molecular flexibility index (Phi) is 2.89. The lowest BCUT2D eigenvalue weighted by atomic mass is 10.1. The summed E-state index contributed by atoms with van der Waals surface area (Å²) in [6.07, 6.45) is -4.62. The second-order valence-electron chi connectivity index (χ2n) is 2.61. The third-order valence-corrected chi connectivity index (χ3v) is 2.49. The van der Waals surface area contributed by atoms with Crippen LogP contribution in [-0.2, 0) is 6.18 Å². The highest BCUT2D eigenvalue weighted by Gasteiger charge is 2.35. The molecule has 15 heavy (non-hydrogen) atoms. The number of nitrogens with zero attached hydrogens (tertiary/aromatic N) is 1. The molecule has 8 heteroatoms. The molecular formula is C7H4BrF3N2O2. The number of nitrogen functional groups attached to an aromatic ring is 1. The molecule has 0 aromatic heterocycles. The predicted octanol–water partition coefficient (Wildman–Crippen LogP) is 2.96. The highest BCUT2D eigenvalue weighted by atomic mass is 79.9. The normalized spacial score (nSPS) is 11.5. The van der Waals surface area contributed by atoms with Crippen molar-refractivity contribution in [3.05, 3.63) is 32.3 Å². The largest absolute Gasteiger partial charge is 0.418 e. The van der Waals surface area contributed by atoms with Crippen molar-refractivity contribution in [3.63, 3.8) is 0 Å². The van der Waals surface area contributed by atoms with Gasteiger partial charge in [-0.3, -0.25) is 10.1 Å². The molecule has 4 nitrogen and oxygen atoms in total. The van der Waals surface area contributed by atoms with Crippen LogP contribution in [0, 0.1) is 10.1 Å². The Morgan fingerprint density at radius 1 is 1.40 bits per heavy atom. The smallest absolute Gasteiger partial charge is 0.397 e. The van der Waals surface area contributed by atoms with Crippen molar-refractivity contribution in [1.82, 2.24) is 0 Å². The second-order valence-corrected chi connectivity index (χ2v) is 3.41. The summed E-state index contributed by atoms with van der Waals surface area (Å²) < 4.78 is 36.5. The number of hydrogen-bond acceptors (Lipinski definition) is 3. The van der Waals surface area contributed by atoms with Gasteiger partial charge in [0.25, 0.3) is 5.69 Å². The van der Waals surface area contributed by atoms with Crippen molar-refractivity contribution < 1.29 is 18.1 Å². The molecule has 0 aliphatic rings. The monoisotopic (exact) mass is 284 g/mol. The van der Waals surface area contributed by atoms with Crippen LogP contribution in [0.5, 0.6) is 0 Å². The Morgan fingerprint density at radius 3 is 2.33 bits per heavy atom. The maximum absolute atomic E-state index is 12.3. The van der Waals surface area contributed by atoms with Gasteiger partial charge in [-0.15, -0.1) is 0 Å². The molecule has 0 atom stereocenters. The zero-order chi connectivity index (χ0) is 11.8. The van der Waals surface area contributed by atoms with Gasteiger partial charge in [-0.25, -0.2) is 0 Å². The van der Waals surface area contributed by atoms with Gasteiger partial charge in [-0.2, -0.15) is 13.2 Å². The van der Waals surface area contributed by atoms with Crippen LogP contribution >= 0.6 is 15.9 Å². The van der Waals surface area contributed by atoms with Crippen molar-refractivity contribution >= 4 is 27.3 Å². The fourth-order valence-corrected chi connectivity index (χ4v) is 1.46. The Morgan fingerprint density at radius 2 is 1.93 bits per heavy atom. The number of nitro benzene ring substituents is 1. The fourth-order valence-electron chi connectivity index (χ4n) is 0.970. The standard InChI is InChI=1S/C7H4BrF3N2O2/c8-5-4(13(14)15)2-1-3(6(5)12)7(9,10)11/h1-2H,12H2. The molecule has 0 aliphatic carbocycles. The van der Waals surface area contributed by atoms with E-state index >= 15 is 0 Å². The topological polar surface area (TPSA) is 69.2 Å². The average Bonchev–Trinajstić information content (AvgIpc) is 2.06. The lowest BCUT2D eigenvalue weighted by Gasteiger charge is -2.10. The van der Waals surface area contributed by atoms with E-state index in [2.05, 4.69) is 15.9 Å². The summed E-state index contributed by atoms with van der Waals surface area (Å²) in [6, 6.07) is 1.33. The number of halogens is 4. The zero-order valence-corrected chi connectivity index (χ0v) is 8.59. The summed E-state index contributed by atoms with van der Waals surface area (Å²) in [6.45, 7) is 0. The van der Waals surface area contributed by atoms with E-state index < -0.39 is 28.0 Å². The van der Waals surface area contributed by atoms with E-state index in [4.69, 9.17) is 5.73 Å². The Labute approximate surface area is 90.2 Å². The molecule has 1 aromatic rings. The first-order valence-electron chi connectivity index (χ1n) is 3.54. The lowest BCUT2D eigenvalue weighted by molar-refractivity contribution is -0.385. The van der Waals surface area contributed by atoms with Crippen LogP contribution in [0.25, 0.3) is 0 Å². The highest BCUT2D eigenvalue weighted by Crippen LogP contribution is 2.40. The molecule has 0 fully saturated rings. The van der Waals surface area contributed by atoms with Gasteiger partial charge in [0, 0.05) is 6.07 Å². The number of benzene rings is 1. The Balaban J connectivity index is 3.41. The van der Waals surface area contributed by atoms with Crippen LogP contribution in [0.2, 0.25) is 0 Å². The summed E-state index contributed by atoms with van der Waals surface area (Å²) in [5.41, 5.74) is 2.86. The molecule has 82 valence electrons. The van der Waals surface area contributed by atoms with Gasteiger partial charge in [-0.05, 0) is 22.0 Å². The number of rotatable bonds is 1. The molecule has 0 bridgehead atoms. The summed E-state index contributed by atoms with van der Waals surface area (Å²) >= 11 is 2.66. The van der Waals surface area contributed by atoms with Crippen LogP contribution in [-0.4, -0.2) is 4.92 Å². The second kappa shape index (κ2) is 3.69. The molecule has 0 saturated heterocycles. The van der Waals surface area contributed by atoms with Crippen LogP contribution in [0.3, 0.4) is 0 Å². The molecule has 0 aliphatic heterocycles. The molecule has 0 amide bonds. The SMILES string of the molecule is Nc1c(C(F)(F)F)ccc([N+](=O)[O-])c1Br. The van der Waals surface area contributed by atoms with Crippen LogP contribution in [0.1, 0.15) is 5.56 Å². The first-order chi connectivity index (χ1) is 6.75. The predicted molar refractivity (Wildman–Crippen MR) is 50.2 cm³/mol.